The quantitative estimate of drug-likeness (QED) is 0.846. The van der Waals surface area contributed by atoms with Crippen LogP contribution in [-0.4, -0.2) is 17.1 Å². The van der Waals surface area contributed by atoms with Crippen LogP contribution in [0.15, 0.2) is 48.8 Å². The topological polar surface area (TPSA) is 46.1 Å². The van der Waals surface area contributed by atoms with E-state index in [4.69, 9.17) is 0 Å². The Morgan fingerprint density at radius 3 is 2.58 bits per heavy atom. The number of aromatic nitrogens is 1. The molecule has 0 saturated carbocycles. The third-order valence-electron chi connectivity index (χ3n) is 2.89. The minimum atomic E-state index is -0.125. The van der Waals surface area contributed by atoms with Crippen molar-refractivity contribution in [1.82, 2.24) is 15.2 Å². The molecule has 0 radical (unpaired) electrons. The Hall–Kier alpha value is -2.23. The van der Waals surface area contributed by atoms with Crippen LogP contribution in [-0.2, 0) is 20.0 Å². The van der Waals surface area contributed by atoms with Gasteiger partial charge in [-0.05, 0) is 23.6 Å². The minimum absolute atomic E-state index is 0.125. The summed E-state index contributed by atoms with van der Waals surface area (Å²) in [6.45, 7) is 1.20. The molecule has 4 heteroatoms. The molecular weight excluding hydrogens is 238 g/mol. The number of amides is 2. The number of rotatable bonds is 5. The molecule has 1 aromatic carbocycles. The zero-order valence-electron chi connectivity index (χ0n) is 11.1. The number of benzene rings is 1. The third-order valence-corrected chi connectivity index (χ3v) is 2.89. The molecule has 0 saturated heterocycles. The molecule has 4 nitrogen and oxygen atoms in total. The lowest BCUT2D eigenvalue weighted by Gasteiger charge is -2.07. The lowest BCUT2D eigenvalue weighted by Crippen LogP contribution is -2.36. The lowest BCUT2D eigenvalue weighted by atomic mass is 10.2. The second-order valence-corrected chi connectivity index (χ2v) is 4.53. The van der Waals surface area contributed by atoms with Crippen molar-refractivity contribution in [2.24, 2.45) is 7.05 Å². The number of carbonyl (C=O) groups excluding carboxylic acids is 1. The van der Waals surface area contributed by atoms with Crippen molar-refractivity contribution in [2.45, 2.75) is 13.0 Å². The Balaban J connectivity index is 1.65. The van der Waals surface area contributed by atoms with Crippen LogP contribution in [0.5, 0.6) is 0 Å². The molecular formula is C15H19N3O. The molecule has 0 bridgehead atoms. The monoisotopic (exact) mass is 257 g/mol. The molecule has 2 aromatic rings. The van der Waals surface area contributed by atoms with Crippen molar-refractivity contribution in [2.75, 3.05) is 6.54 Å². The zero-order valence-corrected chi connectivity index (χ0v) is 11.1. The van der Waals surface area contributed by atoms with Crippen molar-refractivity contribution in [3.63, 3.8) is 0 Å². The summed E-state index contributed by atoms with van der Waals surface area (Å²) >= 11 is 0. The number of nitrogens with zero attached hydrogens (tertiary/aromatic N) is 1. The Bertz CT molecular complexity index is 519. The number of carbonyl (C=O) groups is 1. The van der Waals surface area contributed by atoms with Gasteiger partial charge in [-0.15, -0.1) is 0 Å². The van der Waals surface area contributed by atoms with E-state index in [0.717, 1.165) is 12.0 Å². The molecule has 0 aliphatic carbocycles. The van der Waals surface area contributed by atoms with Gasteiger partial charge in [-0.3, -0.25) is 0 Å². The number of nitrogens with one attached hydrogen (secondary N) is 2. The van der Waals surface area contributed by atoms with Crippen LogP contribution in [0.3, 0.4) is 0 Å². The van der Waals surface area contributed by atoms with Crippen LogP contribution in [0.2, 0.25) is 0 Å². The van der Waals surface area contributed by atoms with Gasteiger partial charge in [-0.2, -0.15) is 0 Å². The molecule has 0 unspecified atom stereocenters. The smallest absolute Gasteiger partial charge is 0.315 e. The van der Waals surface area contributed by atoms with E-state index in [-0.39, 0.29) is 6.03 Å². The van der Waals surface area contributed by atoms with Gasteiger partial charge in [0.15, 0.2) is 0 Å². The summed E-state index contributed by atoms with van der Waals surface area (Å²) in [6.07, 6.45) is 4.91. The van der Waals surface area contributed by atoms with Crippen LogP contribution >= 0.6 is 0 Å². The summed E-state index contributed by atoms with van der Waals surface area (Å²) < 4.78 is 2.00. The lowest BCUT2D eigenvalue weighted by molar-refractivity contribution is 0.240. The molecule has 100 valence electrons. The summed E-state index contributed by atoms with van der Waals surface area (Å²) in [6, 6.07) is 11.8. The van der Waals surface area contributed by atoms with E-state index in [1.54, 1.807) is 0 Å². The van der Waals surface area contributed by atoms with E-state index in [1.165, 1.54) is 5.56 Å². The van der Waals surface area contributed by atoms with E-state index in [9.17, 15) is 4.79 Å². The van der Waals surface area contributed by atoms with E-state index in [0.29, 0.717) is 13.1 Å². The van der Waals surface area contributed by atoms with Crippen LogP contribution in [0, 0.1) is 0 Å². The first kappa shape index (κ1) is 13.2. The fourth-order valence-electron chi connectivity index (χ4n) is 1.87. The Kier molecular flexibility index (Phi) is 4.61. The van der Waals surface area contributed by atoms with Crippen LogP contribution in [0.1, 0.15) is 11.1 Å². The highest BCUT2D eigenvalue weighted by molar-refractivity contribution is 5.73. The van der Waals surface area contributed by atoms with Gasteiger partial charge in [0.1, 0.15) is 0 Å². The summed E-state index contributed by atoms with van der Waals surface area (Å²) in [5.41, 5.74) is 2.33. The Morgan fingerprint density at radius 1 is 1.11 bits per heavy atom. The molecule has 0 aliphatic heterocycles. The van der Waals surface area contributed by atoms with Crippen molar-refractivity contribution in [3.05, 3.63) is 59.9 Å². The Labute approximate surface area is 113 Å². The molecule has 2 amide bonds. The second-order valence-electron chi connectivity index (χ2n) is 4.53. The molecule has 2 N–H and O–H groups in total. The van der Waals surface area contributed by atoms with Crippen LogP contribution < -0.4 is 10.6 Å². The van der Waals surface area contributed by atoms with Crippen LogP contribution in [0.25, 0.3) is 0 Å². The van der Waals surface area contributed by atoms with Crippen molar-refractivity contribution in [3.8, 4) is 0 Å². The van der Waals surface area contributed by atoms with E-state index >= 15 is 0 Å². The molecule has 2 rings (SSSR count). The zero-order chi connectivity index (χ0) is 13.5. The summed E-state index contributed by atoms with van der Waals surface area (Å²) in [7, 11) is 1.99. The fourth-order valence-corrected chi connectivity index (χ4v) is 1.87. The predicted molar refractivity (Wildman–Crippen MR) is 75.8 cm³/mol. The largest absolute Gasteiger partial charge is 0.357 e. The minimum Gasteiger partial charge on any atom is -0.357 e. The third kappa shape index (κ3) is 4.50. The average Bonchev–Trinajstić information content (AvgIpc) is 2.83. The summed E-state index contributed by atoms with van der Waals surface area (Å²) in [5.74, 6) is 0. The molecule has 1 heterocycles. The van der Waals surface area contributed by atoms with E-state index < -0.39 is 0 Å². The second kappa shape index (κ2) is 6.64. The summed E-state index contributed by atoms with van der Waals surface area (Å²) in [4.78, 5) is 11.6. The highest BCUT2D eigenvalue weighted by Crippen LogP contribution is 1.99. The number of aryl methyl sites for hydroxylation is 1. The summed E-state index contributed by atoms with van der Waals surface area (Å²) in [5, 5.41) is 5.69. The SMILES string of the molecule is Cn1ccc(CCNC(=O)NCc2ccccc2)c1. The van der Waals surface area contributed by atoms with E-state index in [1.807, 2.05) is 48.1 Å². The standard InChI is InChI=1S/C15H19N3O/c1-18-10-8-14(12-18)7-9-16-15(19)17-11-13-5-3-2-4-6-13/h2-6,8,10,12H,7,9,11H2,1H3,(H2,16,17,19). The predicted octanol–water partition coefficient (Wildman–Crippen LogP) is 2.07. The molecule has 0 atom stereocenters. The molecule has 19 heavy (non-hydrogen) atoms. The van der Waals surface area contributed by atoms with Crippen molar-refractivity contribution >= 4 is 6.03 Å². The first-order valence-electron chi connectivity index (χ1n) is 6.40. The highest BCUT2D eigenvalue weighted by atomic mass is 16.2. The molecule has 0 spiro atoms. The number of urea groups is 1. The fraction of sp³-hybridized carbons (Fsp3) is 0.267. The molecule has 0 fully saturated rings. The van der Waals surface area contributed by atoms with E-state index in [2.05, 4.69) is 22.9 Å². The van der Waals surface area contributed by atoms with Crippen molar-refractivity contribution < 1.29 is 4.79 Å². The maximum absolute atomic E-state index is 11.6. The van der Waals surface area contributed by atoms with Crippen molar-refractivity contribution in [1.29, 1.82) is 0 Å². The first-order chi connectivity index (χ1) is 9.24. The molecule has 0 aliphatic rings. The van der Waals surface area contributed by atoms with Gasteiger partial charge in [0.25, 0.3) is 0 Å². The maximum Gasteiger partial charge on any atom is 0.315 e. The first-order valence-corrected chi connectivity index (χ1v) is 6.40. The van der Waals surface area contributed by atoms with Crippen LogP contribution in [0.4, 0.5) is 4.79 Å². The van der Waals surface area contributed by atoms with Gasteiger partial charge in [0.2, 0.25) is 0 Å². The number of hydrogen-bond acceptors (Lipinski definition) is 1. The molecule has 1 aromatic heterocycles. The van der Waals surface area contributed by atoms with Gasteiger partial charge in [0, 0.05) is 32.5 Å². The van der Waals surface area contributed by atoms with Gasteiger partial charge in [-0.25, -0.2) is 4.79 Å². The number of hydrogen-bond donors (Lipinski definition) is 2. The Morgan fingerprint density at radius 2 is 1.89 bits per heavy atom. The maximum atomic E-state index is 11.6. The van der Waals surface area contributed by atoms with Gasteiger partial charge in [-0.1, -0.05) is 30.3 Å². The normalized spacial score (nSPS) is 10.2. The van der Waals surface area contributed by atoms with Gasteiger partial charge >= 0.3 is 6.03 Å². The highest BCUT2D eigenvalue weighted by Gasteiger charge is 2.00. The van der Waals surface area contributed by atoms with Gasteiger partial charge in [0.05, 0.1) is 0 Å². The average molecular weight is 257 g/mol. The van der Waals surface area contributed by atoms with Gasteiger partial charge < -0.3 is 15.2 Å².